The largest absolute Gasteiger partial charge is 0.444 e. The standard InChI is InChI=1S/C18H20ClNO2/c1-3-5-14-8-10-15(11-9-14)12-22-18(21)20-17-7-4-6-16(19)13(17)2/h4,6-11H,3,5,12H2,1-2H3,(H,20,21). The highest BCUT2D eigenvalue weighted by atomic mass is 35.5. The highest BCUT2D eigenvalue weighted by molar-refractivity contribution is 6.31. The van der Waals surface area contributed by atoms with Crippen molar-refractivity contribution in [2.45, 2.75) is 33.3 Å². The van der Waals surface area contributed by atoms with Gasteiger partial charge in [0.2, 0.25) is 0 Å². The first-order chi connectivity index (χ1) is 10.6. The molecule has 0 radical (unpaired) electrons. The summed E-state index contributed by atoms with van der Waals surface area (Å²) < 4.78 is 5.23. The third-order valence-electron chi connectivity index (χ3n) is 3.44. The van der Waals surface area contributed by atoms with Crippen LogP contribution in [0.1, 0.15) is 30.0 Å². The van der Waals surface area contributed by atoms with Gasteiger partial charge in [-0.25, -0.2) is 4.79 Å². The molecule has 0 aliphatic rings. The first kappa shape index (κ1) is 16.4. The van der Waals surface area contributed by atoms with E-state index in [0.717, 1.165) is 24.0 Å². The zero-order valence-corrected chi connectivity index (χ0v) is 13.6. The Morgan fingerprint density at radius 1 is 1.14 bits per heavy atom. The van der Waals surface area contributed by atoms with Gasteiger partial charge in [-0.3, -0.25) is 5.32 Å². The minimum atomic E-state index is -0.483. The van der Waals surface area contributed by atoms with Crippen molar-refractivity contribution in [2.75, 3.05) is 5.32 Å². The van der Waals surface area contributed by atoms with Crippen LogP contribution in [-0.4, -0.2) is 6.09 Å². The van der Waals surface area contributed by atoms with Crippen LogP contribution in [0, 0.1) is 6.92 Å². The number of rotatable bonds is 5. The van der Waals surface area contributed by atoms with E-state index in [4.69, 9.17) is 16.3 Å². The van der Waals surface area contributed by atoms with Gasteiger partial charge in [-0.1, -0.05) is 55.3 Å². The molecule has 22 heavy (non-hydrogen) atoms. The van der Waals surface area contributed by atoms with E-state index in [1.165, 1.54) is 5.56 Å². The summed E-state index contributed by atoms with van der Waals surface area (Å²) in [7, 11) is 0. The second-order valence-electron chi connectivity index (χ2n) is 5.18. The smallest absolute Gasteiger partial charge is 0.411 e. The highest BCUT2D eigenvalue weighted by Gasteiger charge is 2.07. The first-order valence-electron chi connectivity index (χ1n) is 7.37. The number of amides is 1. The Morgan fingerprint density at radius 3 is 2.50 bits per heavy atom. The maximum atomic E-state index is 11.8. The lowest BCUT2D eigenvalue weighted by atomic mass is 10.1. The van der Waals surface area contributed by atoms with Crippen LogP contribution >= 0.6 is 11.6 Å². The maximum absolute atomic E-state index is 11.8. The Kier molecular flexibility index (Phi) is 5.84. The second kappa shape index (κ2) is 7.85. The molecule has 0 heterocycles. The van der Waals surface area contributed by atoms with Crippen molar-refractivity contribution in [1.29, 1.82) is 0 Å². The summed E-state index contributed by atoms with van der Waals surface area (Å²) in [5, 5.41) is 3.32. The summed E-state index contributed by atoms with van der Waals surface area (Å²) in [6, 6.07) is 13.5. The SMILES string of the molecule is CCCc1ccc(COC(=O)Nc2cccc(Cl)c2C)cc1. The van der Waals surface area contributed by atoms with E-state index in [9.17, 15) is 4.79 Å². The number of hydrogen-bond acceptors (Lipinski definition) is 2. The highest BCUT2D eigenvalue weighted by Crippen LogP contribution is 2.23. The van der Waals surface area contributed by atoms with Crippen LogP contribution in [0.3, 0.4) is 0 Å². The molecule has 0 atom stereocenters. The lowest BCUT2D eigenvalue weighted by Crippen LogP contribution is -2.14. The van der Waals surface area contributed by atoms with Crippen molar-refractivity contribution >= 4 is 23.4 Å². The Morgan fingerprint density at radius 2 is 1.82 bits per heavy atom. The van der Waals surface area contributed by atoms with Gasteiger partial charge in [0, 0.05) is 10.7 Å². The zero-order valence-electron chi connectivity index (χ0n) is 12.9. The fourth-order valence-electron chi connectivity index (χ4n) is 2.13. The summed E-state index contributed by atoms with van der Waals surface area (Å²) in [5.74, 6) is 0. The molecule has 116 valence electrons. The maximum Gasteiger partial charge on any atom is 0.411 e. The minimum Gasteiger partial charge on any atom is -0.444 e. The van der Waals surface area contributed by atoms with E-state index in [-0.39, 0.29) is 6.61 Å². The molecular weight excluding hydrogens is 298 g/mol. The number of nitrogens with one attached hydrogen (secondary N) is 1. The number of halogens is 1. The summed E-state index contributed by atoms with van der Waals surface area (Å²) in [6.07, 6.45) is 1.70. The van der Waals surface area contributed by atoms with Gasteiger partial charge in [0.25, 0.3) is 0 Å². The van der Waals surface area contributed by atoms with Crippen molar-refractivity contribution < 1.29 is 9.53 Å². The van der Waals surface area contributed by atoms with Gasteiger partial charge < -0.3 is 4.74 Å². The summed E-state index contributed by atoms with van der Waals surface area (Å²) >= 11 is 6.02. The van der Waals surface area contributed by atoms with Crippen molar-refractivity contribution in [1.82, 2.24) is 0 Å². The van der Waals surface area contributed by atoms with E-state index in [1.807, 2.05) is 19.1 Å². The van der Waals surface area contributed by atoms with E-state index in [1.54, 1.807) is 18.2 Å². The van der Waals surface area contributed by atoms with E-state index in [0.29, 0.717) is 10.7 Å². The number of anilines is 1. The van der Waals surface area contributed by atoms with Crippen LogP contribution in [-0.2, 0) is 17.8 Å². The molecule has 0 unspecified atom stereocenters. The Bertz CT molecular complexity index is 638. The molecule has 0 fully saturated rings. The van der Waals surface area contributed by atoms with Crippen LogP contribution in [0.2, 0.25) is 5.02 Å². The van der Waals surface area contributed by atoms with Gasteiger partial charge in [-0.05, 0) is 42.2 Å². The van der Waals surface area contributed by atoms with Crippen LogP contribution in [0.15, 0.2) is 42.5 Å². The molecule has 2 aromatic carbocycles. The van der Waals surface area contributed by atoms with E-state index < -0.39 is 6.09 Å². The molecule has 0 saturated heterocycles. The number of carbonyl (C=O) groups is 1. The third-order valence-corrected chi connectivity index (χ3v) is 3.85. The minimum absolute atomic E-state index is 0.248. The average molecular weight is 318 g/mol. The van der Waals surface area contributed by atoms with Gasteiger partial charge in [0.05, 0.1) is 0 Å². The molecule has 1 amide bonds. The van der Waals surface area contributed by atoms with Gasteiger partial charge in [-0.15, -0.1) is 0 Å². The molecule has 1 N–H and O–H groups in total. The van der Waals surface area contributed by atoms with Crippen LogP contribution < -0.4 is 5.32 Å². The first-order valence-corrected chi connectivity index (χ1v) is 7.74. The number of aryl methyl sites for hydroxylation is 1. The number of benzene rings is 2. The zero-order chi connectivity index (χ0) is 15.9. The molecule has 3 nitrogen and oxygen atoms in total. The molecule has 2 rings (SSSR count). The Hall–Kier alpha value is -2.00. The van der Waals surface area contributed by atoms with Crippen molar-refractivity contribution in [3.8, 4) is 0 Å². The molecule has 0 bridgehead atoms. The fraction of sp³-hybridized carbons (Fsp3) is 0.278. The number of carbonyl (C=O) groups excluding carboxylic acids is 1. The summed E-state index contributed by atoms with van der Waals surface area (Å²) in [4.78, 5) is 11.8. The van der Waals surface area contributed by atoms with Crippen molar-refractivity contribution in [3.05, 3.63) is 64.2 Å². The molecule has 0 spiro atoms. The molecule has 0 aromatic heterocycles. The van der Waals surface area contributed by atoms with Gasteiger partial charge in [-0.2, -0.15) is 0 Å². The fourth-order valence-corrected chi connectivity index (χ4v) is 2.30. The molecular formula is C18H20ClNO2. The van der Waals surface area contributed by atoms with E-state index in [2.05, 4.69) is 24.4 Å². The Labute approximate surface area is 136 Å². The van der Waals surface area contributed by atoms with Gasteiger partial charge >= 0.3 is 6.09 Å². The van der Waals surface area contributed by atoms with E-state index >= 15 is 0 Å². The molecule has 4 heteroatoms. The summed E-state index contributed by atoms with van der Waals surface area (Å²) in [5.41, 5.74) is 3.75. The molecule has 0 aliphatic carbocycles. The predicted molar refractivity (Wildman–Crippen MR) is 90.4 cm³/mol. The second-order valence-corrected chi connectivity index (χ2v) is 5.59. The van der Waals surface area contributed by atoms with Gasteiger partial charge in [0.15, 0.2) is 0 Å². The topological polar surface area (TPSA) is 38.3 Å². The lowest BCUT2D eigenvalue weighted by molar-refractivity contribution is 0.155. The number of hydrogen-bond donors (Lipinski definition) is 1. The third kappa shape index (κ3) is 4.50. The molecule has 0 aliphatic heterocycles. The molecule has 2 aromatic rings. The van der Waals surface area contributed by atoms with Crippen LogP contribution in [0.4, 0.5) is 10.5 Å². The monoisotopic (exact) mass is 317 g/mol. The summed E-state index contributed by atoms with van der Waals surface area (Å²) in [6.45, 7) is 4.25. The van der Waals surface area contributed by atoms with Crippen molar-refractivity contribution in [3.63, 3.8) is 0 Å². The number of ether oxygens (including phenoxy) is 1. The quantitative estimate of drug-likeness (QED) is 0.807. The lowest BCUT2D eigenvalue weighted by Gasteiger charge is -2.10. The van der Waals surface area contributed by atoms with Crippen LogP contribution in [0.25, 0.3) is 0 Å². The van der Waals surface area contributed by atoms with Gasteiger partial charge in [0.1, 0.15) is 6.61 Å². The van der Waals surface area contributed by atoms with Crippen molar-refractivity contribution in [2.24, 2.45) is 0 Å². The Balaban J connectivity index is 1.88. The molecule has 0 saturated carbocycles. The van der Waals surface area contributed by atoms with Crippen LogP contribution in [0.5, 0.6) is 0 Å². The average Bonchev–Trinajstić information content (AvgIpc) is 2.51. The predicted octanol–water partition coefficient (Wildman–Crippen LogP) is 5.35. The normalized spacial score (nSPS) is 10.3.